The van der Waals surface area contributed by atoms with Crippen LogP contribution >= 0.6 is 23.2 Å². The second-order valence-corrected chi connectivity index (χ2v) is 4.55. The van der Waals surface area contributed by atoms with E-state index in [1.165, 1.54) is 12.3 Å². The Morgan fingerprint density at radius 3 is 2.79 bits per heavy atom. The summed E-state index contributed by atoms with van der Waals surface area (Å²) in [5.74, 6) is -0.407. The number of amides is 1. The molecule has 0 saturated heterocycles. The van der Waals surface area contributed by atoms with E-state index in [0.29, 0.717) is 11.3 Å². The first-order valence-corrected chi connectivity index (χ1v) is 6.18. The van der Waals surface area contributed by atoms with Crippen LogP contribution in [0.15, 0.2) is 36.5 Å². The molecule has 0 atom stereocenters. The average Bonchev–Trinajstić information content (AvgIpc) is 2.42. The van der Waals surface area contributed by atoms with Gasteiger partial charge in [-0.2, -0.15) is 0 Å². The molecule has 1 heterocycles. The Balaban J connectivity index is 2.28. The maximum atomic E-state index is 12.1. The van der Waals surface area contributed by atoms with Crippen LogP contribution in [0.3, 0.4) is 0 Å². The molecule has 0 aliphatic carbocycles. The van der Waals surface area contributed by atoms with E-state index in [1.54, 1.807) is 24.3 Å². The normalized spacial score (nSPS) is 10.3. The van der Waals surface area contributed by atoms with Gasteiger partial charge in [0.1, 0.15) is 5.15 Å². The molecule has 6 heteroatoms. The number of hydrogen-bond donors (Lipinski definition) is 2. The van der Waals surface area contributed by atoms with Crippen molar-refractivity contribution in [1.29, 1.82) is 0 Å². The van der Waals surface area contributed by atoms with Gasteiger partial charge in [0.25, 0.3) is 5.91 Å². The van der Waals surface area contributed by atoms with Gasteiger partial charge in [0.05, 0.1) is 17.2 Å². The number of carbonyl (C=O) groups excluding carboxylic acids is 1. The van der Waals surface area contributed by atoms with Gasteiger partial charge in [-0.25, -0.2) is 4.98 Å². The number of hydrogen-bond acceptors (Lipinski definition) is 3. The minimum atomic E-state index is -0.407. The maximum Gasteiger partial charge on any atom is 0.257 e. The van der Waals surface area contributed by atoms with E-state index < -0.39 is 5.91 Å². The SMILES string of the molecule is O=C(Nc1ccccc1CO)c1cc(Cl)ncc1Cl. The molecule has 2 aromatic rings. The number of aliphatic hydroxyl groups is 1. The minimum Gasteiger partial charge on any atom is -0.392 e. The topological polar surface area (TPSA) is 62.2 Å². The quantitative estimate of drug-likeness (QED) is 0.856. The van der Waals surface area contributed by atoms with E-state index in [4.69, 9.17) is 23.2 Å². The third-order valence-electron chi connectivity index (χ3n) is 2.50. The molecule has 0 aliphatic heterocycles. The Bertz CT molecular complexity index is 617. The maximum absolute atomic E-state index is 12.1. The highest BCUT2D eigenvalue weighted by molar-refractivity contribution is 6.35. The van der Waals surface area contributed by atoms with E-state index in [2.05, 4.69) is 10.3 Å². The summed E-state index contributed by atoms with van der Waals surface area (Å²) in [5, 5.41) is 12.3. The molecule has 1 aromatic carbocycles. The van der Waals surface area contributed by atoms with Crippen molar-refractivity contribution in [2.75, 3.05) is 5.32 Å². The summed E-state index contributed by atoms with van der Waals surface area (Å²) in [4.78, 5) is 15.9. The third kappa shape index (κ3) is 3.23. The number of rotatable bonds is 3. The lowest BCUT2D eigenvalue weighted by Gasteiger charge is -2.10. The molecule has 19 heavy (non-hydrogen) atoms. The van der Waals surface area contributed by atoms with Crippen LogP contribution in [0.2, 0.25) is 10.2 Å². The standard InChI is InChI=1S/C13H10Cl2N2O2/c14-10-6-16-12(15)5-9(10)13(19)17-11-4-2-1-3-8(11)7-18/h1-6,18H,7H2,(H,17,19). The van der Waals surface area contributed by atoms with Crippen molar-refractivity contribution < 1.29 is 9.90 Å². The van der Waals surface area contributed by atoms with Crippen LogP contribution in [0.4, 0.5) is 5.69 Å². The molecule has 2 rings (SSSR count). The molecule has 1 aromatic heterocycles. The number of nitrogens with zero attached hydrogens (tertiary/aromatic N) is 1. The highest BCUT2D eigenvalue weighted by atomic mass is 35.5. The number of benzene rings is 1. The Morgan fingerprint density at radius 1 is 1.32 bits per heavy atom. The van der Waals surface area contributed by atoms with Gasteiger partial charge in [-0.3, -0.25) is 4.79 Å². The van der Waals surface area contributed by atoms with E-state index >= 15 is 0 Å². The predicted molar refractivity (Wildman–Crippen MR) is 74.6 cm³/mol. The fraction of sp³-hybridized carbons (Fsp3) is 0.0769. The summed E-state index contributed by atoms with van der Waals surface area (Å²) < 4.78 is 0. The van der Waals surface area contributed by atoms with Crippen LogP contribution < -0.4 is 5.32 Å². The third-order valence-corrected chi connectivity index (χ3v) is 3.01. The smallest absolute Gasteiger partial charge is 0.257 e. The Morgan fingerprint density at radius 2 is 2.05 bits per heavy atom. The average molecular weight is 297 g/mol. The summed E-state index contributed by atoms with van der Waals surface area (Å²) in [5.41, 5.74) is 1.38. The number of nitrogens with one attached hydrogen (secondary N) is 1. The Labute approximate surface area is 120 Å². The largest absolute Gasteiger partial charge is 0.392 e. The van der Waals surface area contributed by atoms with Gasteiger partial charge in [-0.05, 0) is 12.1 Å². The highest BCUT2D eigenvalue weighted by Gasteiger charge is 2.13. The van der Waals surface area contributed by atoms with Crippen molar-refractivity contribution in [3.05, 3.63) is 57.8 Å². The first kappa shape index (κ1) is 13.8. The molecule has 0 unspecified atom stereocenters. The van der Waals surface area contributed by atoms with Gasteiger partial charge in [0.2, 0.25) is 0 Å². The number of pyridine rings is 1. The van der Waals surface area contributed by atoms with Gasteiger partial charge >= 0.3 is 0 Å². The number of aliphatic hydroxyl groups excluding tert-OH is 1. The number of halogens is 2. The molecular formula is C13H10Cl2N2O2. The van der Waals surface area contributed by atoms with E-state index in [0.717, 1.165) is 0 Å². The van der Waals surface area contributed by atoms with E-state index in [1.807, 2.05) is 0 Å². The van der Waals surface area contributed by atoms with Gasteiger partial charge in [0, 0.05) is 17.4 Å². The number of anilines is 1. The van der Waals surface area contributed by atoms with Crippen molar-refractivity contribution in [2.45, 2.75) is 6.61 Å². The molecule has 1 amide bonds. The molecule has 2 N–H and O–H groups in total. The van der Waals surface area contributed by atoms with E-state index in [-0.39, 0.29) is 22.3 Å². The summed E-state index contributed by atoms with van der Waals surface area (Å²) in [6.45, 7) is -0.165. The summed E-state index contributed by atoms with van der Waals surface area (Å²) in [7, 11) is 0. The Kier molecular flexibility index (Phi) is 4.37. The van der Waals surface area contributed by atoms with Crippen molar-refractivity contribution in [3.8, 4) is 0 Å². The van der Waals surface area contributed by atoms with Gasteiger partial charge in [0.15, 0.2) is 0 Å². The molecular weight excluding hydrogens is 287 g/mol. The fourth-order valence-electron chi connectivity index (χ4n) is 1.56. The lowest BCUT2D eigenvalue weighted by Crippen LogP contribution is -2.14. The second-order valence-electron chi connectivity index (χ2n) is 3.76. The van der Waals surface area contributed by atoms with Crippen molar-refractivity contribution in [3.63, 3.8) is 0 Å². The zero-order valence-corrected chi connectivity index (χ0v) is 11.2. The van der Waals surface area contributed by atoms with E-state index in [9.17, 15) is 9.90 Å². The van der Waals surface area contributed by atoms with Crippen LogP contribution in [0.1, 0.15) is 15.9 Å². The molecule has 0 spiro atoms. The summed E-state index contributed by atoms with van der Waals surface area (Å²) in [6, 6.07) is 8.34. The second kappa shape index (κ2) is 6.02. The molecule has 0 aliphatic rings. The lowest BCUT2D eigenvalue weighted by atomic mass is 10.1. The van der Waals surface area contributed by atoms with Crippen molar-refractivity contribution in [2.24, 2.45) is 0 Å². The van der Waals surface area contributed by atoms with Crippen LogP contribution in [-0.4, -0.2) is 16.0 Å². The van der Waals surface area contributed by atoms with Crippen LogP contribution in [0.25, 0.3) is 0 Å². The summed E-state index contributed by atoms with van der Waals surface area (Å²) >= 11 is 11.6. The van der Waals surface area contributed by atoms with Gasteiger partial charge < -0.3 is 10.4 Å². The van der Waals surface area contributed by atoms with Crippen molar-refractivity contribution >= 4 is 34.8 Å². The van der Waals surface area contributed by atoms with Crippen LogP contribution in [0, 0.1) is 0 Å². The Hall–Kier alpha value is -1.62. The minimum absolute atomic E-state index is 0.165. The molecule has 98 valence electrons. The monoisotopic (exact) mass is 296 g/mol. The van der Waals surface area contributed by atoms with Gasteiger partial charge in [-0.15, -0.1) is 0 Å². The first-order chi connectivity index (χ1) is 9.11. The molecule has 0 bridgehead atoms. The number of para-hydroxylation sites is 1. The number of carbonyl (C=O) groups is 1. The fourth-order valence-corrected chi connectivity index (χ4v) is 1.90. The van der Waals surface area contributed by atoms with Crippen molar-refractivity contribution in [1.82, 2.24) is 4.98 Å². The lowest BCUT2D eigenvalue weighted by molar-refractivity contribution is 0.102. The molecule has 0 radical (unpaired) electrons. The number of aromatic nitrogens is 1. The first-order valence-electron chi connectivity index (χ1n) is 5.43. The predicted octanol–water partition coefficient (Wildman–Crippen LogP) is 3.13. The zero-order valence-electron chi connectivity index (χ0n) is 9.73. The van der Waals surface area contributed by atoms with Crippen LogP contribution in [-0.2, 0) is 6.61 Å². The van der Waals surface area contributed by atoms with Crippen LogP contribution in [0.5, 0.6) is 0 Å². The highest BCUT2D eigenvalue weighted by Crippen LogP contribution is 2.21. The molecule has 4 nitrogen and oxygen atoms in total. The zero-order chi connectivity index (χ0) is 13.8. The molecule has 0 fully saturated rings. The van der Waals surface area contributed by atoms with Gasteiger partial charge in [-0.1, -0.05) is 41.4 Å². The summed E-state index contributed by atoms with van der Waals surface area (Å²) in [6.07, 6.45) is 1.32. The molecule has 0 saturated carbocycles.